The Hall–Kier alpha value is -1.63. The van der Waals surface area contributed by atoms with Crippen molar-refractivity contribution in [1.82, 2.24) is 0 Å². The third kappa shape index (κ3) is 3.88. The Balaban J connectivity index is 2.69. The van der Waals surface area contributed by atoms with Gasteiger partial charge in [-0.25, -0.2) is 4.39 Å². The first-order chi connectivity index (χ1) is 11.1. The molecule has 2 atom stereocenters. The van der Waals surface area contributed by atoms with Gasteiger partial charge in [-0.15, -0.1) is 0 Å². The quantitative estimate of drug-likeness (QED) is 0.508. The van der Waals surface area contributed by atoms with E-state index in [0.717, 1.165) is 29.5 Å². The van der Waals surface area contributed by atoms with Crippen molar-refractivity contribution in [1.29, 1.82) is 0 Å². The number of halogens is 1. The summed E-state index contributed by atoms with van der Waals surface area (Å²) in [6.45, 7) is 17.6. The predicted molar refractivity (Wildman–Crippen MR) is 104 cm³/mol. The van der Waals surface area contributed by atoms with Gasteiger partial charge in [0, 0.05) is 0 Å². The lowest BCUT2D eigenvalue weighted by atomic mass is 9.75. The van der Waals surface area contributed by atoms with Crippen LogP contribution in [0.25, 0.3) is 5.57 Å². The van der Waals surface area contributed by atoms with Crippen molar-refractivity contribution in [2.24, 2.45) is 11.3 Å². The van der Waals surface area contributed by atoms with Gasteiger partial charge in [0.2, 0.25) is 0 Å². The fourth-order valence-electron chi connectivity index (χ4n) is 3.51. The van der Waals surface area contributed by atoms with Crippen LogP contribution in [0.3, 0.4) is 0 Å². The maximum absolute atomic E-state index is 13.9. The van der Waals surface area contributed by atoms with Crippen molar-refractivity contribution in [2.45, 2.75) is 60.3 Å². The summed E-state index contributed by atoms with van der Waals surface area (Å²) >= 11 is 0. The lowest BCUT2D eigenvalue weighted by Gasteiger charge is -2.29. The van der Waals surface area contributed by atoms with Crippen LogP contribution < -0.4 is 0 Å². The summed E-state index contributed by atoms with van der Waals surface area (Å²) < 4.78 is 13.9. The minimum absolute atomic E-state index is 0.0729. The molecule has 2 unspecified atom stereocenters. The second-order valence-corrected chi connectivity index (χ2v) is 8.19. The van der Waals surface area contributed by atoms with E-state index < -0.39 is 0 Å². The lowest BCUT2D eigenvalue weighted by Crippen LogP contribution is -2.14. The molecule has 0 N–H and O–H groups in total. The third-order valence-corrected chi connectivity index (χ3v) is 5.41. The molecule has 1 aliphatic carbocycles. The molecule has 1 aliphatic rings. The van der Waals surface area contributed by atoms with Gasteiger partial charge in [-0.1, -0.05) is 59.4 Å². The van der Waals surface area contributed by atoms with Gasteiger partial charge < -0.3 is 0 Å². The molecule has 0 bridgehead atoms. The second kappa shape index (κ2) is 7.09. The molecule has 0 aliphatic heterocycles. The Kier molecular flexibility index (Phi) is 5.52. The van der Waals surface area contributed by atoms with Crippen molar-refractivity contribution >= 4 is 5.57 Å². The molecule has 24 heavy (non-hydrogen) atoms. The number of rotatable bonds is 1. The molecular weight excluding hydrogens is 295 g/mol. The maximum atomic E-state index is 13.9. The highest BCUT2D eigenvalue weighted by Crippen LogP contribution is 2.41. The maximum Gasteiger partial charge on any atom is 0.123 e. The van der Waals surface area contributed by atoms with Crippen molar-refractivity contribution in [2.75, 3.05) is 0 Å². The summed E-state index contributed by atoms with van der Waals surface area (Å²) in [5.74, 6) is 0.712. The fraction of sp³-hybridized carbons (Fsp3) is 0.478. The van der Waals surface area contributed by atoms with Crippen LogP contribution in [-0.2, 0) is 0 Å². The Labute approximate surface area is 147 Å². The Bertz CT molecular complexity index is 682. The smallest absolute Gasteiger partial charge is 0.123 e. The molecule has 0 spiro atoms. The average Bonchev–Trinajstić information content (AvgIpc) is 2.51. The minimum atomic E-state index is -0.152. The molecule has 0 fully saturated rings. The summed E-state index contributed by atoms with van der Waals surface area (Å²) in [4.78, 5) is 0. The summed E-state index contributed by atoms with van der Waals surface area (Å²) in [6, 6.07) is 5.23. The molecule has 0 saturated heterocycles. The van der Waals surface area contributed by atoms with Gasteiger partial charge >= 0.3 is 0 Å². The Morgan fingerprint density at radius 3 is 2.50 bits per heavy atom. The van der Waals surface area contributed by atoms with E-state index in [-0.39, 0.29) is 11.2 Å². The van der Waals surface area contributed by atoms with Crippen LogP contribution in [0.2, 0.25) is 0 Å². The zero-order valence-corrected chi connectivity index (χ0v) is 16.0. The molecule has 1 aromatic carbocycles. The Morgan fingerprint density at radius 1 is 1.25 bits per heavy atom. The third-order valence-electron chi connectivity index (χ3n) is 5.41. The molecule has 0 saturated carbocycles. The lowest BCUT2D eigenvalue weighted by molar-refractivity contribution is 0.449. The van der Waals surface area contributed by atoms with Gasteiger partial charge in [0.25, 0.3) is 0 Å². The fourth-order valence-corrected chi connectivity index (χ4v) is 3.51. The van der Waals surface area contributed by atoms with E-state index >= 15 is 0 Å². The van der Waals surface area contributed by atoms with Gasteiger partial charge in [-0.3, -0.25) is 0 Å². The van der Waals surface area contributed by atoms with Crippen LogP contribution in [0.4, 0.5) is 4.39 Å². The minimum Gasteiger partial charge on any atom is -0.207 e. The summed E-state index contributed by atoms with van der Waals surface area (Å²) in [5.41, 5.74) is 5.94. The van der Waals surface area contributed by atoms with Crippen molar-refractivity contribution in [3.63, 3.8) is 0 Å². The topological polar surface area (TPSA) is 0 Å². The standard InChI is InChI=1S/C23H31F/c1-8-18(23(5,6)7)13-21-16(3)10-9-15(2)17(4)22-14-19(24)11-12-20(21)22/h8,11-15,17H,3,9-10H2,1-2,4-7H3/b18-8+,21-13+. The number of fused-ring (bicyclic) bond motifs is 1. The Morgan fingerprint density at radius 2 is 1.92 bits per heavy atom. The van der Waals surface area contributed by atoms with Crippen molar-refractivity contribution in [3.05, 3.63) is 65.0 Å². The van der Waals surface area contributed by atoms with E-state index in [4.69, 9.17) is 0 Å². The number of hydrogen-bond donors (Lipinski definition) is 0. The van der Waals surface area contributed by atoms with E-state index in [9.17, 15) is 4.39 Å². The number of allylic oxidation sites excluding steroid dienone is 5. The van der Waals surface area contributed by atoms with Gasteiger partial charge in [0.05, 0.1) is 0 Å². The molecule has 0 aromatic heterocycles. The van der Waals surface area contributed by atoms with Crippen LogP contribution in [0.5, 0.6) is 0 Å². The normalized spacial score (nSPS) is 24.5. The zero-order valence-electron chi connectivity index (χ0n) is 16.0. The average molecular weight is 326 g/mol. The van der Waals surface area contributed by atoms with Crippen LogP contribution in [-0.4, -0.2) is 0 Å². The highest BCUT2D eigenvalue weighted by atomic mass is 19.1. The SMILES string of the molecule is C=C1CCC(C)C(C)c2cc(F)ccc2/C1=C/C(=C\C)C(C)(C)C. The van der Waals surface area contributed by atoms with Crippen LogP contribution >= 0.6 is 0 Å². The first-order valence-corrected chi connectivity index (χ1v) is 9.01. The van der Waals surface area contributed by atoms with Crippen LogP contribution in [0.15, 0.2) is 48.1 Å². The largest absolute Gasteiger partial charge is 0.207 e. The van der Waals surface area contributed by atoms with E-state index in [2.05, 4.69) is 60.3 Å². The molecule has 1 aromatic rings. The highest BCUT2D eigenvalue weighted by molar-refractivity contribution is 5.82. The molecule has 0 heterocycles. The van der Waals surface area contributed by atoms with Gasteiger partial charge in [0.1, 0.15) is 5.82 Å². The highest BCUT2D eigenvalue weighted by Gasteiger charge is 2.25. The van der Waals surface area contributed by atoms with Crippen LogP contribution in [0, 0.1) is 17.2 Å². The molecule has 2 rings (SSSR count). The first kappa shape index (κ1) is 18.7. The summed E-state index contributed by atoms with van der Waals surface area (Å²) in [5, 5.41) is 0. The molecule has 1 heteroatoms. The molecule has 0 radical (unpaired) electrons. The van der Waals surface area contributed by atoms with Crippen molar-refractivity contribution < 1.29 is 4.39 Å². The van der Waals surface area contributed by atoms with E-state index in [1.54, 1.807) is 12.1 Å². The molecule has 0 nitrogen and oxygen atoms in total. The van der Waals surface area contributed by atoms with Crippen molar-refractivity contribution in [3.8, 4) is 0 Å². The van der Waals surface area contributed by atoms with E-state index in [1.807, 2.05) is 6.07 Å². The van der Waals surface area contributed by atoms with E-state index in [1.165, 1.54) is 11.1 Å². The van der Waals surface area contributed by atoms with Gasteiger partial charge in [0.15, 0.2) is 0 Å². The summed E-state index contributed by atoms with van der Waals surface area (Å²) in [6.07, 6.45) is 6.53. The molecule has 130 valence electrons. The number of hydrogen-bond acceptors (Lipinski definition) is 0. The molecular formula is C23H31F. The number of benzene rings is 1. The van der Waals surface area contributed by atoms with Gasteiger partial charge in [-0.05, 0) is 77.0 Å². The summed E-state index contributed by atoms with van der Waals surface area (Å²) in [7, 11) is 0. The predicted octanol–water partition coefficient (Wildman–Crippen LogP) is 7.29. The molecule has 0 amide bonds. The van der Waals surface area contributed by atoms with E-state index in [0.29, 0.717) is 11.8 Å². The second-order valence-electron chi connectivity index (χ2n) is 8.19. The van der Waals surface area contributed by atoms with Crippen LogP contribution in [0.1, 0.15) is 71.4 Å². The van der Waals surface area contributed by atoms with Gasteiger partial charge in [-0.2, -0.15) is 0 Å². The monoisotopic (exact) mass is 326 g/mol. The zero-order chi connectivity index (χ0) is 18.1. The first-order valence-electron chi connectivity index (χ1n) is 9.01.